The van der Waals surface area contributed by atoms with Crippen LogP contribution in [-0.2, 0) is 21.9 Å². The van der Waals surface area contributed by atoms with E-state index >= 15 is 0 Å². The Bertz CT molecular complexity index is 582. The Balaban J connectivity index is 3.23. The molecule has 0 bridgehead atoms. The number of sulfonamides is 1. The second-order valence-corrected chi connectivity index (χ2v) is 6.52. The Kier molecular flexibility index (Phi) is 4.17. The van der Waals surface area contributed by atoms with Crippen LogP contribution in [0.25, 0.3) is 0 Å². The normalized spacial score (nSPS) is 13.4. The smallest absolute Gasteiger partial charge is 0.270 e. The van der Waals surface area contributed by atoms with Crippen LogP contribution in [0, 0.1) is 0 Å². The van der Waals surface area contributed by atoms with Gasteiger partial charge in [0.2, 0.25) is 15.0 Å². The zero-order chi connectivity index (χ0) is 13.2. The summed E-state index contributed by atoms with van der Waals surface area (Å²) in [7, 11) is -2.10. The summed E-state index contributed by atoms with van der Waals surface area (Å²) in [5.74, 6) is -0.398. The summed E-state index contributed by atoms with van der Waals surface area (Å²) in [5.41, 5.74) is 0. The Labute approximate surface area is 103 Å². The minimum absolute atomic E-state index is 0.103. The van der Waals surface area contributed by atoms with Gasteiger partial charge in [-0.2, -0.15) is 4.99 Å². The van der Waals surface area contributed by atoms with Crippen molar-refractivity contribution in [2.45, 2.75) is 31.2 Å². The number of aryl methyl sites for hydroxylation is 1. The lowest BCUT2D eigenvalue weighted by atomic mass is 10.4. The third kappa shape index (κ3) is 3.72. The Morgan fingerprint density at radius 3 is 2.59 bits per heavy atom. The van der Waals surface area contributed by atoms with Gasteiger partial charge in [0.05, 0.1) is 0 Å². The van der Waals surface area contributed by atoms with Crippen LogP contribution < -0.4 is 9.52 Å². The summed E-state index contributed by atoms with van der Waals surface area (Å²) < 4.78 is 27.2. The van der Waals surface area contributed by atoms with Crippen molar-refractivity contribution in [2.24, 2.45) is 12.0 Å². The maximum absolute atomic E-state index is 11.8. The van der Waals surface area contributed by atoms with Gasteiger partial charge in [-0.05, 0) is 13.8 Å². The highest BCUT2D eigenvalue weighted by molar-refractivity contribution is 7.91. The first-order valence-corrected chi connectivity index (χ1v) is 7.14. The van der Waals surface area contributed by atoms with Crippen LogP contribution in [0.3, 0.4) is 0 Å². The summed E-state index contributed by atoms with van der Waals surface area (Å²) >= 11 is 0.851. The van der Waals surface area contributed by atoms with Gasteiger partial charge in [-0.25, -0.2) is 17.8 Å². The molecule has 1 aromatic heterocycles. The van der Waals surface area contributed by atoms with Gasteiger partial charge in [0.1, 0.15) is 0 Å². The zero-order valence-electron chi connectivity index (χ0n) is 9.96. The van der Waals surface area contributed by atoms with Crippen molar-refractivity contribution in [2.75, 3.05) is 0 Å². The molecule has 7 nitrogen and oxygen atoms in total. The van der Waals surface area contributed by atoms with E-state index in [0.717, 1.165) is 11.3 Å². The second-order valence-electron chi connectivity index (χ2n) is 3.68. The minimum atomic E-state index is -3.63. The van der Waals surface area contributed by atoms with Crippen LogP contribution in [0.2, 0.25) is 0 Å². The fourth-order valence-corrected chi connectivity index (χ4v) is 3.45. The van der Waals surface area contributed by atoms with E-state index in [1.165, 1.54) is 18.7 Å². The first kappa shape index (κ1) is 14.0. The van der Waals surface area contributed by atoms with Crippen molar-refractivity contribution in [3.8, 4) is 0 Å². The van der Waals surface area contributed by atoms with Crippen LogP contribution in [0.4, 0.5) is 0 Å². The van der Waals surface area contributed by atoms with Gasteiger partial charge < -0.3 is 0 Å². The number of nitrogens with zero attached hydrogens (tertiary/aromatic N) is 3. The molecule has 1 amide bonds. The van der Waals surface area contributed by atoms with E-state index in [0.29, 0.717) is 0 Å². The molecule has 1 heterocycles. The van der Waals surface area contributed by atoms with Crippen LogP contribution >= 0.6 is 11.3 Å². The van der Waals surface area contributed by atoms with Crippen molar-refractivity contribution in [1.82, 2.24) is 14.5 Å². The molecule has 0 aliphatic heterocycles. The quantitative estimate of drug-likeness (QED) is 0.815. The lowest BCUT2D eigenvalue weighted by Gasteiger charge is -2.05. The number of nitrogens with one attached hydrogen (secondary N) is 1. The molecular formula is C8H14N4O3S2. The molecule has 0 aliphatic rings. The fraction of sp³-hybridized carbons (Fsp3) is 0.625. The summed E-state index contributed by atoms with van der Waals surface area (Å²) in [6, 6.07) is -0.220. The second kappa shape index (κ2) is 5.07. The third-order valence-electron chi connectivity index (χ3n) is 1.56. The molecule has 0 radical (unpaired) electrons. The van der Waals surface area contributed by atoms with E-state index in [9.17, 15) is 13.2 Å². The van der Waals surface area contributed by atoms with Gasteiger partial charge in [-0.15, -0.1) is 5.10 Å². The van der Waals surface area contributed by atoms with Crippen molar-refractivity contribution in [3.63, 3.8) is 0 Å². The van der Waals surface area contributed by atoms with E-state index < -0.39 is 15.9 Å². The number of hydrogen-bond donors (Lipinski definition) is 1. The van der Waals surface area contributed by atoms with E-state index in [-0.39, 0.29) is 15.2 Å². The molecule has 0 atom stereocenters. The molecule has 96 valence electrons. The van der Waals surface area contributed by atoms with Crippen LogP contribution in [0.15, 0.2) is 9.33 Å². The highest BCUT2D eigenvalue weighted by Crippen LogP contribution is 2.08. The first-order chi connectivity index (χ1) is 7.72. The molecule has 1 rings (SSSR count). The lowest BCUT2D eigenvalue weighted by molar-refractivity contribution is -0.116. The maximum Gasteiger partial charge on any atom is 0.270 e. The number of rotatable bonds is 3. The van der Waals surface area contributed by atoms with Crippen molar-refractivity contribution in [3.05, 3.63) is 4.80 Å². The highest BCUT2D eigenvalue weighted by Gasteiger charge is 2.20. The van der Waals surface area contributed by atoms with Gasteiger partial charge in [0, 0.05) is 20.0 Å². The van der Waals surface area contributed by atoms with Gasteiger partial charge in [0.15, 0.2) is 0 Å². The monoisotopic (exact) mass is 278 g/mol. The average molecular weight is 278 g/mol. The summed E-state index contributed by atoms with van der Waals surface area (Å²) in [6.45, 7) is 4.72. The van der Waals surface area contributed by atoms with E-state index in [1.807, 2.05) is 0 Å². The van der Waals surface area contributed by atoms with Crippen LogP contribution in [0.1, 0.15) is 20.8 Å². The lowest BCUT2D eigenvalue weighted by Crippen LogP contribution is -2.30. The predicted octanol–water partition coefficient (Wildman–Crippen LogP) is -0.385. The van der Waals surface area contributed by atoms with Gasteiger partial charge >= 0.3 is 0 Å². The van der Waals surface area contributed by atoms with Gasteiger partial charge in [-0.3, -0.25) is 4.79 Å². The fourth-order valence-electron chi connectivity index (χ4n) is 1.03. The SMILES string of the molecule is CC(=O)N=c1sc(S(=O)(=O)NC(C)C)nn1C. The van der Waals surface area contributed by atoms with Crippen molar-refractivity contribution < 1.29 is 13.2 Å². The number of hydrogen-bond acceptors (Lipinski definition) is 5. The third-order valence-corrected chi connectivity index (χ3v) is 4.59. The molecule has 9 heteroatoms. The van der Waals surface area contributed by atoms with E-state index in [4.69, 9.17) is 0 Å². The summed E-state index contributed by atoms with van der Waals surface area (Å²) in [4.78, 5) is 14.7. The molecule has 1 N–H and O–H groups in total. The Morgan fingerprint density at radius 1 is 1.53 bits per heavy atom. The molecule has 0 aliphatic carbocycles. The number of carbonyl (C=O) groups excluding carboxylic acids is 1. The largest absolute Gasteiger partial charge is 0.273 e. The van der Waals surface area contributed by atoms with Gasteiger partial charge in [0.25, 0.3) is 10.0 Å². The Hall–Kier alpha value is -1.06. The van der Waals surface area contributed by atoms with Crippen molar-refractivity contribution >= 4 is 27.3 Å². The molecule has 17 heavy (non-hydrogen) atoms. The van der Waals surface area contributed by atoms with Crippen molar-refractivity contribution in [1.29, 1.82) is 0 Å². The molecule has 1 aromatic rings. The summed E-state index contributed by atoms with van der Waals surface area (Å²) in [6.07, 6.45) is 0. The van der Waals surface area contributed by atoms with Crippen LogP contribution in [0.5, 0.6) is 0 Å². The zero-order valence-corrected chi connectivity index (χ0v) is 11.6. The molecule has 0 saturated heterocycles. The molecule has 0 spiro atoms. The molecule has 0 unspecified atom stereocenters. The van der Waals surface area contributed by atoms with E-state index in [2.05, 4.69) is 14.8 Å². The molecule has 0 aromatic carbocycles. The van der Waals surface area contributed by atoms with Crippen LogP contribution in [-0.4, -0.2) is 30.1 Å². The maximum atomic E-state index is 11.8. The number of amides is 1. The number of carbonyl (C=O) groups is 1. The molecular weight excluding hydrogens is 264 g/mol. The summed E-state index contributed by atoms with van der Waals surface area (Å²) in [5, 5.41) is 3.83. The topological polar surface area (TPSA) is 93.4 Å². The number of aromatic nitrogens is 2. The highest BCUT2D eigenvalue weighted by atomic mass is 32.2. The van der Waals surface area contributed by atoms with E-state index in [1.54, 1.807) is 13.8 Å². The van der Waals surface area contributed by atoms with Gasteiger partial charge in [-0.1, -0.05) is 11.3 Å². The Morgan fingerprint density at radius 2 is 2.12 bits per heavy atom. The first-order valence-electron chi connectivity index (χ1n) is 4.84. The minimum Gasteiger partial charge on any atom is -0.273 e. The molecule has 0 saturated carbocycles. The molecule has 0 fully saturated rings. The average Bonchev–Trinajstić information content (AvgIpc) is 2.45. The predicted molar refractivity (Wildman–Crippen MR) is 62.8 cm³/mol. The standard InChI is InChI=1S/C8H14N4O3S2/c1-5(2)11-17(14,15)8-10-12(4)7(16-8)9-6(3)13/h5,11H,1-4H3.